The van der Waals surface area contributed by atoms with E-state index >= 15 is 0 Å². The van der Waals surface area contributed by atoms with Crippen LogP contribution in [0.5, 0.6) is 0 Å². The average molecular weight is 303 g/mol. The molecule has 3 aromatic rings. The SMILES string of the molecule is FC(F)(F)c1nc(NCc2ccccc2)c2ccccc2n1. The summed E-state index contributed by atoms with van der Waals surface area (Å²) in [6, 6.07) is 16.0. The molecule has 2 aromatic carbocycles. The van der Waals surface area contributed by atoms with Gasteiger partial charge in [0.1, 0.15) is 5.82 Å². The van der Waals surface area contributed by atoms with Gasteiger partial charge in [-0.15, -0.1) is 0 Å². The van der Waals surface area contributed by atoms with Gasteiger partial charge in [-0.3, -0.25) is 0 Å². The Morgan fingerprint density at radius 2 is 1.55 bits per heavy atom. The first-order chi connectivity index (χ1) is 10.5. The fourth-order valence-corrected chi connectivity index (χ4v) is 2.12. The molecule has 1 heterocycles. The largest absolute Gasteiger partial charge is 0.451 e. The van der Waals surface area contributed by atoms with Gasteiger partial charge in [-0.1, -0.05) is 42.5 Å². The van der Waals surface area contributed by atoms with E-state index in [9.17, 15) is 13.2 Å². The van der Waals surface area contributed by atoms with Crippen molar-refractivity contribution in [2.75, 3.05) is 5.32 Å². The Hall–Kier alpha value is -2.63. The Morgan fingerprint density at radius 3 is 2.27 bits per heavy atom. The summed E-state index contributed by atoms with van der Waals surface area (Å²) < 4.78 is 38.7. The molecule has 1 N–H and O–H groups in total. The Labute approximate surface area is 124 Å². The lowest BCUT2D eigenvalue weighted by Gasteiger charge is -2.12. The number of aromatic nitrogens is 2. The minimum absolute atomic E-state index is 0.182. The summed E-state index contributed by atoms with van der Waals surface area (Å²) in [5.74, 6) is -0.955. The minimum atomic E-state index is -4.58. The molecule has 22 heavy (non-hydrogen) atoms. The second-order valence-corrected chi connectivity index (χ2v) is 4.75. The van der Waals surface area contributed by atoms with Crippen LogP contribution in [0.1, 0.15) is 11.4 Å². The van der Waals surface area contributed by atoms with Gasteiger partial charge >= 0.3 is 6.18 Å². The number of rotatable bonds is 3. The van der Waals surface area contributed by atoms with E-state index in [0.29, 0.717) is 11.9 Å². The molecule has 0 saturated heterocycles. The minimum Gasteiger partial charge on any atom is -0.365 e. The van der Waals surface area contributed by atoms with E-state index in [-0.39, 0.29) is 11.3 Å². The predicted molar refractivity (Wildman–Crippen MR) is 78.3 cm³/mol. The van der Waals surface area contributed by atoms with Gasteiger partial charge in [-0.05, 0) is 17.7 Å². The van der Waals surface area contributed by atoms with Crippen LogP contribution in [0.2, 0.25) is 0 Å². The summed E-state index contributed by atoms with van der Waals surface area (Å²) in [6.07, 6.45) is -4.58. The number of para-hydroxylation sites is 1. The Bertz CT molecular complexity index is 785. The van der Waals surface area contributed by atoms with E-state index in [1.54, 1.807) is 24.3 Å². The third-order valence-corrected chi connectivity index (χ3v) is 3.16. The number of benzene rings is 2. The Morgan fingerprint density at radius 1 is 0.864 bits per heavy atom. The smallest absolute Gasteiger partial charge is 0.365 e. The molecule has 112 valence electrons. The van der Waals surface area contributed by atoms with E-state index in [1.807, 2.05) is 30.3 Å². The first kappa shape index (κ1) is 14.3. The average Bonchev–Trinajstić information content (AvgIpc) is 2.52. The van der Waals surface area contributed by atoms with Crippen molar-refractivity contribution < 1.29 is 13.2 Å². The molecule has 0 radical (unpaired) electrons. The zero-order valence-corrected chi connectivity index (χ0v) is 11.4. The molecule has 0 saturated carbocycles. The molecule has 0 spiro atoms. The fraction of sp³-hybridized carbons (Fsp3) is 0.125. The summed E-state index contributed by atoms with van der Waals surface area (Å²) in [7, 11) is 0. The first-order valence-corrected chi connectivity index (χ1v) is 6.66. The van der Waals surface area contributed by atoms with E-state index in [0.717, 1.165) is 5.56 Å². The van der Waals surface area contributed by atoms with Crippen LogP contribution in [0, 0.1) is 0 Å². The molecular weight excluding hydrogens is 291 g/mol. The van der Waals surface area contributed by atoms with Crippen molar-refractivity contribution in [3.63, 3.8) is 0 Å². The number of hydrogen-bond donors (Lipinski definition) is 1. The number of fused-ring (bicyclic) bond motifs is 1. The molecular formula is C16H12F3N3. The maximum absolute atomic E-state index is 12.9. The normalized spacial score (nSPS) is 11.6. The van der Waals surface area contributed by atoms with Gasteiger partial charge in [0.25, 0.3) is 0 Å². The predicted octanol–water partition coefficient (Wildman–Crippen LogP) is 4.26. The molecule has 0 atom stereocenters. The third kappa shape index (κ3) is 3.00. The van der Waals surface area contributed by atoms with Crippen LogP contribution in [0.15, 0.2) is 54.6 Å². The van der Waals surface area contributed by atoms with Gasteiger partial charge in [0.05, 0.1) is 5.52 Å². The van der Waals surface area contributed by atoms with Crippen molar-refractivity contribution in [3.05, 3.63) is 66.0 Å². The van der Waals surface area contributed by atoms with Crippen LogP contribution in [-0.2, 0) is 12.7 Å². The molecule has 0 amide bonds. The second-order valence-electron chi connectivity index (χ2n) is 4.75. The van der Waals surface area contributed by atoms with Gasteiger partial charge in [0.15, 0.2) is 0 Å². The van der Waals surface area contributed by atoms with Crippen LogP contribution in [0.3, 0.4) is 0 Å². The maximum atomic E-state index is 12.9. The molecule has 0 unspecified atom stereocenters. The molecule has 0 aliphatic heterocycles. The number of hydrogen-bond acceptors (Lipinski definition) is 3. The molecule has 0 fully saturated rings. The number of nitrogens with one attached hydrogen (secondary N) is 1. The third-order valence-electron chi connectivity index (χ3n) is 3.16. The van der Waals surface area contributed by atoms with Crippen LogP contribution in [0.25, 0.3) is 10.9 Å². The number of nitrogens with zero attached hydrogens (tertiary/aromatic N) is 2. The highest BCUT2D eigenvalue weighted by Gasteiger charge is 2.35. The molecule has 0 aliphatic carbocycles. The van der Waals surface area contributed by atoms with Crippen LogP contribution in [-0.4, -0.2) is 9.97 Å². The standard InChI is InChI=1S/C16H12F3N3/c17-16(18,19)15-21-13-9-5-4-8-12(13)14(22-15)20-10-11-6-2-1-3-7-11/h1-9H,10H2,(H,20,21,22). The van der Waals surface area contributed by atoms with Crippen molar-refractivity contribution in [3.8, 4) is 0 Å². The molecule has 6 heteroatoms. The molecule has 3 rings (SSSR count). The first-order valence-electron chi connectivity index (χ1n) is 6.66. The lowest BCUT2D eigenvalue weighted by atomic mass is 10.2. The summed E-state index contributed by atoms with van der Waals surface area (Å²) in [4.78, 5) is 7.23. The highest BCUT2D eigenvalue weighted by atomic mass is 19.4. The Balaban J connectivity index is 1.99. The second kappa shape index (κ2) is 5.63. The van der Waals surface area contributed by atoms with Crippen LogP contribution in [0.4, 0.5) is 19.0 Å². The van der Waals surface area contributed by atoms with Crippen molar-refractivity contribution >= 4 is 16.7 Å². The van der Waals surface area contributed by atoms with E-state index in [1.165, 1.54) is 0 Å². The van der Waals surface area contributed by atoms with Crippen LogP contribution >= 0.6 is 0 Å². The molecule has 0 aliphatic rings. The summed E-state index contributed by atoms with van der Waals surface area (Å²) in [5.41, 5.74) is 1.22. The maximum Gasteiger partial charge on any atom is 0.451 e. The fourth-order valence-electron chi connectivity index (χ4n) is 2.12. The highest BCUT2D eigenvalue weighted by Crippen LogP contribution is 2.30. The lowest BCUT2D eigenvalue weighted by molar-refractivity contribution is -0.144. The highest BCUT2D eigenvalue weighted by molar-refractivity contribution is 5.89. The van der Waals surface area contributed by atoms with Crippen molar-refractivity contribution in [1.29, 1.82) is 0 Å². The van der Waals surface area contributed by atoms with Crippen molar-refractivity contribution in [2.45, 2.75) is 12.7 Å². The van der Waals surface area contributed by atoms with Crippen LogP contribution < -0.4 is 5.32 Å². The quantitative estimate of drug-likeness (QED) is 0.785. The van der Waals surface area contributed by atoms with Gasteiger partial charge in [0, 0.05) is 11.9 Å². The van der Waals surface area contributed by atoms with Gasteiger partial charge < -0.3 is 5.32 Å². The van der Waals surface area contributed by atoms with E-state index < -0.39 is 12.0 Å². The number of anilines is 1. The Kier molecular flexibility index (Phi) is 3.66. The van der Waals surface area contributed by atoms with Crippen molar-refractivity contribution in [2.24, 2.45) is 0 Å². The molecule has 1 aromatic heterocycles. The zero-order valence-electron chi connectivity index (χ0n) is 11.4. The van der Waals surface area contributed by atoms with E-state index in [4.69, 9.17) is 0 Å². The summed E-state index contributed by atoms with van der Waals surface area (Å²) in [5, 5.41) is 3.53. The monoisotopic (exact) mass is 303 g/mol. The van der Waals surface area contributed by atoms with Gasteiger partial charge in [-0.2, -0.15) is 13.2 Å². The lowest BCUT2D eigenvalue weighted by Crippen LogP contribution is -2.13. The molecule has 0 bridgehead atoms. The topological polar surface area (TPSA) is 37.8 Å². The summed E-state index contributed by atoms with van der Waals surface area (Å²) in [6.45, 7) is 0.388. The number of halogens is 3. The van der Waals surface area contributed by atoms with Gasteiger partial charge in [-0.25, -0.2) is 9.97 Å². The van der Waals surface area contributed by atoms with Crippen molar-refractivity contribution in [1.82, 2.24) is 9.97 Å². The molecule has 3 nitrogen and oxygen atoms in total. The van der Waals surface area contributed by atoms with E-state index in [2.05, 4.69) is 15.3 Å². The summed E-state index contributed by atoms with van der Waals surface area (Å²) >= 11 is 0. The number of alkyl halides is 3. The van der Waals surface area contributed by atoms with Gasteiger partial charge in [0.2, 0.25) is 5.82 Å². The zero-order chi connectivity index (χ0) is 15.6.